The Balaban J connectivity index is 1.03. The third kappa shape index (κ3) is 6.36. The maximum atomic E-state index is 5.60. The lowest BCUT2D eigenvalue weighted by atomic mass is 9.91. The summed E-state index contributed by atoms with van der Waals surface area (Å²) in [6, 6.07) is 69.5. The van der Waals surface area contributed by atoms with Crippen molar-refractivity contribution < 1.29 is 9.47 Å². The summed E-state index contributed by atoms with van der Waals surface area (Å²) in [6.45, 7) is 0. The summed E-state index contributed by atoms with van der Waals surface area (Å²) in [6.07, 6.45) is 9.02. The average Bonchev–Trinajstić information content (AvgIpc) is 3.85. The first-order valence-electron chi connectivity index (χ1n) is 21.1. The number of rotatable bonds is 10. The highest BCUT2D eigenvalue weighted by Crippen LogP contribution is 2.50. The zero-order valence-corrected chi connectivity index (χ0v) is 34.5. The highest BCUT2D eigenvalue weighted by Gasteiger charge is 2.38. The van der Waals surface area contributed by atoms with E-state index in [1.54, 1.807) is 14.2 Å². The molecule has 1 aliphatic carbocycles. The fraction of sp³-hybridized carbons (Fsp3) is 0.0714. The first kappa shape index (κ1) is 37.1. The lowest BCUT2D eigenvalue weighted by Crippen LogP contribution is -2.28. The molecule has 0 bridgehead atoms. The van der Waals surface area contributed by atoms with Gasteiger partial charge in [-0.3, -0.25) is 0 Å². The molecule has 2 unspecified atom stereocenters. The fourth-order valence-corrected chi connectivity index (χ4v) is 9.42. The van der Waals surface area contributed by atoms with Crippen LogP contribution in [0.2, 0.25) is 0 Å². The molecule has 6 heteroatoms. The van der Waals surface area contributed by atoms with E-state index in [0.29, 0.717) is 0 Å². The highest BCUT2D eigenvalue weighted by molar-refractivity contribution is 6.10. The van der Waals surface area contributed by atoms with E-state index in [1.807, 2.05) is 24.3 Å². The molecule has 0 saturated carbocycles. The number of methoxy groups -OCH3 is 2. The predicted octanol–water partition coefficient (Wildman–Crippen LogP) is 14.5. The van der Waals surface area contributed by atoms with Crippen LogP contribution in [-0.4, -0.2) is 24.8 Å². The molecule has 2 heterocycles. The van der Waals surface area contributed by atoms with Crippen molar-refractivity contribution in [3.05, 3.63) is 224 Å². The first-order chi connectivity index (χ1) is 30.7. The standard InChI is InChI=1S/C56H44N4O2/c1-61-47-31-25-43(26-32-47)57(45-29-35-55-51(37-45)49-17-9-11-19-53(49)59(55)39-13-5-3-6-14-39)41-21-23-42(24-22-41)58(44-27-33-48(62-2)34-28-44)46-30-36-56-52(38-46)50-18-10-12-20-54(50)60(56)40-15-7-4-8-16-40/h3-38,49,53H,1-2H3. The van der Waals surface area contributed by atoms with E-state index in [0.717, 1.165) is 56.8 Å². The molecule has 6 nitrogen and oxygen atoms in total. The van der Waals surface area contributed by atoms with E-state index in [2.05, 4.69) is 213 Å². The molecule has 0 amide bonds. The summed E-state index contributed by atoms with van der Waals surface area (Å²) >= 11 is 0. The summed E-state index contributed by atoms with van der Waals surface area (Å²) in [5.74, 6) is 1.86. The van der Waals surface area contributed by atoms with Crippen molar-refractivity contribution in [2.24, 2.45) is 0 Å². The Hall–Kier alpha value is -7.96. The molecule has 0 fully saturated rings. The number of nitrogens with zero attached hydrogens (tertiary/aromatic N) is 4. The van der Waals surface area contributed by atoms with Gasteiger partial charge in [0.05, 0.1) is 31.3 Å². The van der Waals surface area contributed by atoms with Crippen LogP contribution >= 0.6 is 0 Å². The number of anilines is 8. The van der Waals surface area contributed by atoms with Gasteiger partial charge in [-0.2, -0.15) is 0 Å². The second-order valence-electron chi connectivity index (χ2n) is 15.7. The van der Waals surface area contributed by atoms with Gasteiger partial charge >= 0.3 is 0 Å². The maximum Gasteiger partial charge on any atom is 0.119 e. The molecule has 11 rings (SSSR count). The molecule has 0 saturated heterocycles. The van der Waals surface area contributed by atoms with Crippen LogP contribution in [0.4, 0.5) is 45.5 Å². The van der Waals surface area contributed by atoms with Crippen molar-refractivity contribution >= 4 is 67.3 Å². The molecule has 1 aliphatic heterocycles. The zero-order valence-electron chi connectivity index (χ0n) is 34.5. The fourth-order valence-electron chi connectivity index (χ4n) is 9.42. The maximum absolute atomic E-state index is 5.60. The van der Waals surface area contributed by atoms with Crippen LogP contribution in [0.5, 0.6) is 11.5 Å². The number of hydrogen-bond acceptors (Lipinski definition) is 5. The van der Waals surface area contributed by atoms with E-state index in [-0.39, 0.29) is 12.0 Å². The highest BCUT2D eigenvalue weighted by atomic mass is 16.5. The Labute approximate surface area is 362 Å². The molecule has 300 valence electrons. The Morgan fingerprint density at radius 2 is 0.903 bits per heavy atom. The monoisotopic (exact) mass is 804 g/mol. The second kappa shape index (κ2) is 15.6. The second-order valence-corrected chi connectivity index (χ2v) is 15.7. The van der Waals surface area contributed by atoms with Crippen LogP contribution in [0.3, 0.4) is 0 Å². The summed E-state index contributed by atoms with van der Waals surface area (Å²) in [5.41, 5.74) is 13.5. The van der Waals surface area contributed by atoms with Gasteiger partial charge in [0.15, 0.2) is 0 Å². The Bertz CT molecular complexity index is 3100. The minimum atomic E-state index is 0.208. The Morgan fingerprint density at radius 1 is 0.419 bits per heavy atom. The van der Waals surface area contributed by atoms with Gasteiger partial charge < -0.3 is 28.7 Å². The summed E-state index contributed by atoms with van der Waals surface area (Å²) in [4.78, 5) is 7.14. The molecule has 62 heavy (non-hydrogen) atoms. The summed E-state index contributed by atoms with van der Waals surface area (Å²) in [7, 11) is 3.42. The molecule has 2 aliphatic rings. The smallest absolute Gasteiger partial charge is 0.119 e. The van der Waals surface area contributed by atoms with Gasteiger partial charge in [-0.1, -0.05) is 78.9 Å². The zero-order chi connectivity index (χ0) is 41.6. The van der Waals surface area contributed by atoms with Crippen LogP contribution in [0, 0.1) is 0 Å². The quantitative estimate of drug-likeness (QED) is 0.137. The van der Waals surface area contributed by atoms with Gasteiger partial charge in [0.25, 0.3) is 0 Å². The van der Waals surface area contributed by atoms with E-state index >= 15 is 0 Å². The molecule has 8 aromatic carbocycles. The molecule has 9 aromatic rings. The summed E-state index contributed by atoms with van der Waals surface area (Å²) < 4.78 is 13.5. The SMILES string of the molecule is COc1ccc(N(c2ccc(N(c3ccc(OC)cc3)c3ccc4c(c3)c3ccccc3n4-c3ccccc3)cc2)c2ccc3c(c2)C2C=CC=CC2N3c2ccccc2)cc1. The Morgan fingerprint density at radius 3 is 1.52 bits per heavy atom. The minimum Gasteiger partial charge on any atom is -0.497 e. The van der Waals surface area contributed by atoms with Gasteiger partial charge in [-0.25, -0.2) is 0 Å². The normalized spacial score (nSPS) is 15.1. The van der Waals surface area contributed by atoms with Gasteiger partial charge in [0.1, 0.15) is 11.5 Å². The number of benzene rings is 8. The average molecular weight is 805 g/mol. The number of allylic oxidation sites excluding steroid dienone is 2. The van der Waals surface area contributed by atoms with Crippen LogP contribution < -0.4 is 24.2 Å². The molecular weight excluding hydrogens is 761 g/mol. The minimum absolute atomic E-state index is 0.208. The molecule has 0 radical (unpaired) electrons. The topological polar surface area (TPSA) is 33.1 Å². The van der Waals surface area contributed by atoms with Gasteiger partial charge in [-0.05, 0) is 145 Å². The van der Waals surface area contributed by atoms with E-state index in [9.17, 15) is 0 Å². The van der Waals surface area contributed by atoms with Crippen LogP contribution in [0.25, 0.3) is 27.5 Å². The lowest BCUT2D eigenvalue weighted by molar-refractivity contribution is 0.414. The number of aromatic nitrogens is 1. The van der Waals surface area contributed by atoms with Crippen molar-refractivity contribution in [3.63, 3.8) is 0 Å². The number of para-hydroxylation sites is 3. The van der Waals surface area contributed by atoms with Crippen molar-refractivity contribution in [1.29, 1.82) is 0 Å². The van der Waals surface area contributed by atoms with Crippen LogP contribution in [0.1, 0.15) is 11.5 Å². The molecule has 0 N–H and O–H groups in total. The van der Waals surface area contributed by atoms with Gasteiger partial charge in [0, 0.05) is 67.9 Å². The van der Waals surface area contributed by atoms with E-state index in [4.69, 9.17) is 9.47 Å². The molecule has 2 atom stereocenters. The molecule has 1 aromatic heterocycles. The predicted molar refractivity (Wildman–Crippen MR) is 257 cm³/mol. The molecule has 0 spiro atoms. The van der Waals surface area contributed by atoms with Crippen molar-refractivity contribution in [2.75, 3.05) is 28.9 Å². The number of hydrogen-bond donors (Lipinski definition) is 0. The largest absolute Gasteiger partial charge is 0.497 e. The van der Waals surface area contributed by atoms with Crippen LogP contribution in [0.15, 0.2) is 218 Å². The third-order valence-electron chi connectivity index (χ3n) is 12.3. The Kier molecular flexibility index (Phi) is 9.31. The third-order valence-corrected chi connectivity index (χ3v) is 12.3. The van der Waals surface area contributed by atoms with Gasteiger partial charge in [-0.15, -0.1) is 0 Å². The lowest BCUT2D eigenvalue weighted by Gasteiger charge is -2.29. The van der Waals surface area contributed by atoms with E-state index < -0.39 is 0 Å². The van der Waals surface area contributed by atoms with E-state index in [1.165, 1.54) is 33.2 Å². The number of fused-ring (bicyclic) bond motifs is 6. The van der Waals surface area contributed by atoms with Crippen LogP contribution in [-0.2, 0) is 0 Å². The number of ether oxygens (including phenoxy) is 2. The van der Waals surface area contributed by atoms with Gasteiger partial charge in [0.2, 0.25) is 0 Å². The molecular formula is C56H44N4O2. The van der Waals surface area contributed by atoms with Crippen molar-refractivity contribution in [2.45, 2.75) is 12.0 Å². The summed E-state index contributed by atoms with van der Waals surface area (Å²) in [5, 5.41) is 2.40. The van der Waals surface area contributed by atoms with Crippen molar-refractivity contribution in [1.82, 2.24) is 4.57 Å². The first-order valence-corrected chi connectivity index (χ1v) is 21.1. The van der Waals surface area contributed by atoms with Crippen molar-refractivity contribution in [3.8, 4) is 17.2 Å².